The van der Waals surface area contributed by atoms with Crippen molar-refractivity contribution in [3.63, 3.8) is 0 Å². The summed E-state index contributed by atoms with van der Waals surface area (Å²) in [6.07, 6.45) is 0.966. The number of carbonyl (C=O) groups is 1. The fraction of sp³-hybridized carbons (Fsp3) is 0.600. The maximum atomic E-state index is 11.7. The summed E-state index contributed by atoms with van der Waals surface area (Å²) in [4.78, 5) is 11.7. The summed E-state index contributed by atoms with van der Waals surface area (Å²) in [7, 11) is 0. The Morgan fingerprint density at radius 1 is 1.75 bits per heavy atom. The van der Waals surface area contributed by atoms with Gasteiger partial charge in [0.1, 0.15) is 11.5 Å². The van der Waals surface area contributed by atoms with Gasteiger partial charge in [-0.15, -0.1) is 0 Å². The summed E-state index contributed by atoms with van der Waals surface area (Å²) in [5, 5.41) is 9.18. The molecule has 1 unspecified atom stereocenters. The molecule has 1 atom stereocenters. The fourth-order valence-corrected chi connectivity index (χ4v) is 2.04. The Morgan fingerprint density at radius 3 is 3.06 bits per heavy atom. The SMILES string of the molecule is CCSCCC(C)NC(=O)c1cc(N)n[nH]1. The number of thioether (sulfide) groups is 1. The smallest absolute Gasteiger partial charge is 0.269 e. The van der Waals surface area contributed by atoms with Crippen LogP contribution in [0.2, 0.25) is 0 Å². The number of aromatic amines is 1. The highest BCUT2D eigenvalue weighted by atomic mass is 32.2. The molecule has 4 N–H and O–H groups in total. The number of aromatic nitrogens is 2. The van der Waals surface area contributed by atoms with Gasteiger partial charge >= 0.3 is 0 Å². The van der Waals surface area contributed by atoms with E-state index in [2.05, 4.69) is 22.4 Å². The lowest BCUT2D eigenvalue weighted by molar-refractivity contribution is 0.0934. The van der Waals surface area contributed by atoms with Crippen LogP contribution in [0, 0.1) is 0 Å². The molecule has 16 heavy (non-hydrogen) atoms. The van der Waals surface area contributed by atoms with Crippen LogP contribution in [0.4, 0.5) is 5.82 Å². The first-order valence-corrected chi connectivity index (χ1v) is 6.48. The summed E-state index contributed by atoms with van der Waals surface area (Å²) in [6.45, 7) is 4.12. The normalized spacial score (nSPS) is 12.4. The van der Waals surface area contributed by atoms with E-state index >= 15 is 0 Å². The molecule has 1 aromatic rings. The standard InChI is InChI=1S/C10H18N4OS/c1-3-16-5-4-7(2)12-10(15)8-6-9(11)14-13-8/h6-7H,3-5H2,1-2H3,(H,12,15)(H3,11,13,14). The minimum atomic E-state index is -0.154. The van der Waals surface area contributed by atoms with E-state index in [1.165, 1.54) is 6.07 Å². The van der Waals surface area contributed by atoms with E-state index in [1.807, 2.05) is 18.7 Å². The number of anilines is 1. The van der Waals surface area contributed by atoms with Crippen molar-refractivity contribution in [1.29, 1.82) is 0 Å². The van der Waals surface area contributed by atoms with Gasteiger partial charge in [0.25, 0.3) is 5.91 Å². The highest BCUT2D eigenvalue weighted by Crippen LogP contribution is 2.05. The molecule has 90 valence electrons. The largest absolute Gasteiger partial charge is 0.382 e. The third-order valence-electron chi connectivity index (χ3n) is 2.12. The van der Waals surface area contributed by atoms with Crippen molar-refractivity contribution in [2.24, 2.45) is 0 Å². The van der Waals surface area contributed by atoms with Gasteiger partial charge in [0.15, 0.2) is 0 Å². The number of H-pyrrole nitrogens is 1. The first-order chi connectivity index (χ1) is 7.63. The number of rotatable bonds is 6. The second-order valence-corrected chi connectivity index (χ2v) is 4.96. The second kappa shape index (κ2) is 6.42. The third kappa shape index (κ3) is 4.14. The van der Waals surface area contributed by atoms with E-state index < -0.39 is 0 Å². The molecule has 1 amide bonds. The number of hydrogen-bond acceptors (Lipinski definition) is 4. The maximum Gasteiger partial charge on any atom is 0.269 e. The fourth-order valence-electron chi connectivity index (χ4n) is 1.23. The molecule has 0 spiro atoms. The van der Waals surface area contributed by atoms with Crippen LogP contribution in [0.25, 0.3) is 0 Å². The molecular weight excluding hydrogens is 224 g/mol. The lowest BCUT2D eigenvalue weighted by atomic mass is 10.2. The molecule has 6 heteroatoms. The third-order valence-corrected chi connectivity index (χ3v) is 3.05. The summed E-state index contributed by atoms with van der Waals surface area (Å²) in [5.41, 5.74) is 5.83. The van der Waals surface area contributed by atoms with Gasteiger partial charge in [-0.1, -0.05) is 6.92 Å². The summed E-state index contributed by atoms with van der Waals surface area (Å²) in [5.74, 6) is 2.35. The Bertz CT molecular complexity index is 339. The molecule has 0 saturated heterocycles. The number of nitrogen functional groups attached to an aromatic ring is 1. The van der Waals surface area contributed by atoms with Crippen molar-refractivity contribution in [1.82, 2.24) is 15.5 Å². The quantitative estimate of drug-likeness (QED) is 0.656. The number of hydrogen-bond donors (Lipinski definition) is 3. The summed E-state index contributed by atoms with van der Waals surface area (Å²) in [6, 6.07) is 1.69. The topological polar surface area (TPSA) is 83.8 Å². The van der Waals surface area contributed by atoms with E-state index in [4.69, 9.17) is 5.73 Å². The molecule has 0 fully saturated rings. The lowest BCUT2D eigenvalue weighted by Crippen LogP contribution is -2.33. The van der Waals surface area contributed by atoms with Gasteiger partial charge in [-0.05, 0) is 24.9 Å². The first kappa shape index (κ1) is 12.9. The number of carbonyl (C=O) groups excluding carboxylic acids is 1. The highest BCUT2D eigenvalue weighted by Gasteiger charge is 2.11. The second-order valence-electron chi connectivity index (χ2n) is 3.57. The van der Waals surface area contributed by atoms with Crippen LogP contribution >= 0.6 is 11.8 Å². The summed E-state index contributed by atoms with van der Waals surface area (Å²) >= 11 is 1.87. The first-order valence-electron chi connectivity index (χ1n) is 5.33. The van der Waals surface area contributed by atoms with Crippen LogP contribution in [0.1, 0.15) is 30.8 Å². The Labute approximate surface area is 99.6 Å². The maximum absolute atomic E-state index is 11.7. The van der Waals surface area contributed by atoms with E-state index in [1.54, 1.807) is 0 Å². The Morgan fingerprint density at radius 2 is 2.50 bits per heavy atom. The van der Waals surface area contributed by atoms with Gasteiger partial charge in [-0.3, -0.25) is 9.89 Å². The molecule has 1 rings (SSSR count). The van der Waals surface area contributed by atoms with E-state index in [0.29, 0.717) is 11.5 Å². The van der Waals surface area contributed by atoms with E-state index in [-0.39, 0.29) is 11.9 Å². The van der Waals surface area contributed by atoms with Crippen LogP contribution in [-0.2, 0) is 0 Å². The molecular formula is C10H18N4OS. The van der Waals surface area contributed by atoms with Crippen LogP contribution in [0.5, 0.6) is 0 Å². The van der Waals surface area contributed by atoms with E-state index in [9.17, 15) is 4.79 Å². The minimum absolute atomic E-state index is 0.154. The van der Waals surface area contributed by atoms with Gasteiger partial charge in [-0.25, -0.2) is 0 Å². The molecule has 0 aliphatic heterocycles. The van der Waals surface area contributed by atoms with Gasteiger partial charge in [0.05, 0.1) is 0 Å². The molecule has 1 aromatic heterocycles. The Hall–Kier alpha value is -1.17. The molecule has 0 aliphatic rings. The summed E-state index contributed by atoms with van der Waals surface area (Å²) < 4.78 is 0. The predicted molar refractivity (Wildman–Crippen MR) is 67.5 cm³/mol. The van der Waals surface area contributed by atoms with Gasteiger partial charge in [0, 0.05) is 12.1 Å². The molecule has 0 radical (unpaired) electrons. The molecule has 5 nitrogen and oxygen atoms in total. The molecule has 0 saturated carbocycles. The number of nitrogens with two attached hydrogens (primary N) is 1. The lowest BCUT2D eigenvalue weighted by Gasteiger charge is -2.12. The van der Waals surface area contributed by atoms with Crippen LogP contribution in [-0.4, -0.2) is 33.7 Å². The zero-order valence-electron chi connectivity index (χ0n) is 9.62. The predicted octanol–water partition coefficient (Wildman–Crippen LogP) is 1.25. The zero-order chi connectivity index (χ0) is 12.0. The zero-order valence-corrected chi connectivity index (χ0v) is 10.4. The van der Waals surface area contributed by atoms with Crippen LogP contribution in [0.15, 0.2) is 6.07 Å². The molecule has 0 bridgehead atoms. The number of nitrogens with one attached hydrogen (secondary N) is 2. The highest BCUT2D eigenvalue weighted by molar-refractivity contribution is 7.99. The van der Waals surface area contributed by atoms with Crippen LogP contribution < -0.4 is 11.1 Å². The van der Waals surface area contributed by atoms with Gasteiger partial charge in [0.2, 0.25) is 0 Å². The van der Waals surface area contributed by atoms with E-state index in [0.717, 1.165) is 17.9 Å². The monoisotopic (exact) mass is 242 g/mol. The molecule has 1 heterocycles. The van der Waals surface area contributed by atoms with Crippen molar-refractivity contribution in [2.75, 3.05) is 17.2 Å². The van der Waals surface area contributed by atoms with Gasteiger partial charge in [-0.2, -0.15) is 16.9 Å². The Balaban J connectivity index is 2.33. The minimum Gasteiger partial charge on any atom is -0.382 e. The number of nitrogens with zero attached hydrogens (tertiary/aromatic N) is 1. The van der Waals surface area contributed by atoms with Crippen molar-refractivity contribution in [3.05, 3.63) is 11.8 Å². The molecule has 0 aliphatic carbocycles. The van der Waals surface area contributed by atoms with Gasteiger partial charge < -0.3 is 11.1 Å². The van der Waals surface area contributed by atoms with Crippen LogP contribution in [0.3, 0.4) is 0 Å². The van der Waals surface area contributed by atoms with Crippen molar-refractivity contribution < 1.29 is 4.79 Å². The van der Waals surface area contributed by atoms with Crippen molar-refractivity contribution >= 4 is 23.5 Å². The molecule has 0 aromatic carbocycles. The van der Waals surface area contributed by atoms with Crippen molar-refractivity contribution in [3.8, 4) is 0 Å². The average Bonchev–Trinajstić information content (AvgIpc) is 2.65. The average molecular weight is 242 g/mol. The Kier molecular flexibility index (Phi) is 5.18. The number of amides is 1. The van der Waals surface area contributed by atoms with Crippen molar-refractivity contribution in [2.45, 2.75) is 26.3 Å².